The van der Waals surface area contributed by atoms with Crippen LogP contribution in [0.1, 0.15) is 10.6 Å². The zero-order valence-corrected chi connectivity index (χ0v) is 10.1. The lowest BCUT2D eigenvalue weighted by Crippen LogP contribution is -1.79. The lowest BCUT2D eigenvalue weighted by molar-refractivity contribution is 1.09. The lowest BCUT2D eigenvalue weighted by atomic mass is 10.2. The molecule has 0 saturated carbocycles. The summed E-state index contributed by atoms with van der Waals surface area (Å²) in [6, 6.07) is 8.03. The Morgan fingerprint density at radius 3 is 2.47 bits per heavy atom. The molecule has 1 aromatic carbocycles. The van der Waals surface area contributed by atoms with Gasteiger partial charge in [-0.2, -0.15) is 0 Å². The summed E-state index contributed by atoms with van der Waals surface area (Å²) in [5.74, 6) is 0. The Balaban J connectivity index is 2.14. The Kier molecular flexibility index (Phi) is 3.13. The number of nitrogens with two attached hydrogens (primary N) is 1. The van der Waals surface area contributed by atoms with Crippen molar-refractivity contribution in [3.63, 3.8) is 0 Å². The first-order valence-corrected chi connectivity index (χ1v) is 5.87. The number of hydrogen-bond donors (Lipinski definition) is 1. The smallest absolute Gasteiger partial charge is 0.203 e. The number of anilines is 1. The summed E-state index contributed by atoms with van der Waals surface area (Å²) in [5.41, 5.74) is 6.59. The normalized spacial score (nSPS) is 11.0. The first-order chi connectivity index (χ1) is 7.24. The van der Waals surface area contributed by atoms with Crippen LogP contribution in [0.2, 0.25) is 0 Å². The number of nitrogens with zero attached hydrogens (tertiary/aromatic N) is 2. The summed E-state index contributed by atoms with van der Waals surface area (Å²) in [6.45, 7) is 0. The number of benzene rings is 1. The zero-order valence-electron chi connectivity index (χ0n) is 7.72. The van der Waals surface area contributed by atoms with Gasteiger partial charge in [-0.3, -0.25) is 0 Å². The SMILES string of the molecule is Nc1nnc(/C=C/c2ccc(Br)cc2)s1. The summed E-state index contributed by atoms with van der Waals surface area (Å²) in [7, 11) is 0. The third-order valence-corrected chi connectivity index (χ3v) is 2.99. The summed E-state index contributed by atoms with van der Waals surface area (Å²) in [6.07, 6.45) is 3.88. The highest BCUT2D eigenvalue weighted by Crippen LogP contribution is 2.16. The van der Waals surface area contributed by atoms with Crippen LogP contribution in [0.4, 0.5) is 5.13 Å². The molecule has 0 unspecified atom stereocenters. The van der Waals surface area contributed by atoms with Crippen LogP contribution in [0, 0.1) is 0 Å². The molecule has 1 aromatic heterocycles. The maximum Gasteiger partial charge on any atom is 0.203 e. The van der Waals surface area contributed by atoms with E-state index in [1.54, 1.807) is 0 Å². The Hall–Kier alpha value is -1.20. The second-order valence-corrected chi connectivity index (χ2v) is 4.82. The van der Waals surface area contributed by atoms with Crippen molar-refractivity contribution < 1.29 is 0 Å². The van der Waals surface area contributed by atoms with Crippen molar-refractivity contribution in [2.24, 2.45) is 0 Å². The Labute approximate surface area is 99.8 Å². The predicted molar refractivity (Wildman–Crippen MR) is 67.4 cm³/mol. The molecule has 15 heavy (non-hydrogen) atoms. The number of aromatic nitrogens is 2. The van der Waals surface area contributed by atoms with E-state index in [0.717, 1.165) is 15.0 Å². The molecule has 3 nitrogen and oxygen atoms in total. The molecular formula is C10H8BrN3S. The van der Waals surface area contributed by atoms with Crippen molar-refractivity contribution in [1.82, 2.24) is 10.2 Å². The predicted octanol–water partition coefficient (Wildman–Crippen LogP) is 3.05. The molecule has 2 aromatic rings. The van der Waals surface area contributed by atoms with Gasteiger partial charge in [-0.05, 0) is 23.8 Å². The minimum absolute atomic E-state index is 0.491. The fraction of sp³-hybridized carbons (Fsp3) is 0. The largest absolute Gasteiger partial charge is 0.374 e. The van der Waals surface area contributed by atoms with Crippen molar-refractivity contribution in [3.8, 4) is 0 Å². The summed E-state index contributed by atoms with van der Waals surface area (Å²) in [4.78, 5) is 0. The Bertz CT molecular complexity index is 476. The molecule has 0 radical (unpaired) electrons. The molecule has 0 fully saturated rings. The zero-order chi connectivity index (χ0) is 10.7. The Morgan fingerprint density at radius 1 is 1.13 bits per heavy atom. The van der Waals surface area contributed by atoms with Gasteiger partial charge in [0.25, 0.3) is 0 Å². The van der Waals surface area contributed by atoms with Gasteiger partial charge in [0.2, 0.25) is 5.13 Å². The fourth-order valence-corrected chi connectivity index (χ4v) is 1.83. The molecule has 0 aliphatic rings. The van der Waals surface area contributed by atoms with Crippen molar-refractivity contribution in [3.05, 3.63) is 39.3 Å². The van der Waals surface area contributed by atoms with E-state index in [2.05, 4.69) is 26.1 Å². The van der Waals surface area contributed by atoms with Crippen LogP contribution >= 0.6 is 27.3 Å². The van der Waals surface area contributed by atoms with Crippen LogP contribution in [0.15, 0.2) is 28.7 Å². The van der Waals surface area contributed by atoms with Crippen LogP contribution in [-0.2, 0) is 0 Å². The van der Waals surface area contributed by atoms with Gasteiger partial charge in [0.05, 0.1) is 0 Å². The van der Waals surface area contributed by atoms with E-state index in [4.69, 9.17) is 5.73 Å². The summed E-state index contributed by atoms with van der Waals surface area (Å²) < 4.78 is 1.07. The molecule has 0 atom stereocenters. The second kappa shape index (κ2) is 4.55. The molecule has 76 valence electrons. The Morgan fingerprint density at radius 2 is 1.87 bits per heavy atom. The molecule has 0 saturated heterocycles. The highest BCUT2D eigenvalue weighted by molar-refractivity contribution is 9.10. The third-order valence-electron chi connectivity index (χ3n) is 1.74. The summed E-state index contributed by atoms with van der Waals surface area (Å²) >= 11 is 4.75. The molecule has 1 heterocycles. The standard InChI is InChI=1S/C10H8BrN3S/c11-8-4-1-7(2-5-8)3-6-9-13-14-10(12)15-9/h1-6H,(H2,12,14)/b6-3+. The van der Waals surface area contributed by atoms with Gasteiger partial charge in [0, 0.05) is 4.47 Å². The van der Waals surface area contributed by atoms with Crippen LogP contribution in [0.3, 0.4) is 0 Å². The maximum atomic E-state index is 5.47. The van der Waals surface area contributed by atoms with Crippen LogP contribution in [-0.4, -0.2) is 10.2 Å². The molecule has 0 aliphatic heterocycles. The van der Waals surface area contributed by atoms with Crippen molar-refractivity contribution in [2.75, 3.05) is 5.73 Å². The first-order valence-electron chi connectivity index (χ1n) is 4.27. The van der Waals surface area contributed by atoms with Gasteiger partial charge in [-0.25, -0.2) is 0 Å². The molecule has 2 N–H and O–H groups in total. The minimum Gasteiger partial charge on any atom is -0.374 e. The van der Waals surface area contributed by atoms with Gasteiger partial charge in [0.15, 0.2) is 0 Å². The average Bonchev–Trinajstić information content (AvgIpc) is 2.64. The van der Waals surface area contributed by atoms with Crippen molar-refractivity contribution in [1.29, 1.82) is 0 Å². The summed E-state index contributed by atoms with van der Waals surface area (Å²) in [5, 5.41) is 8.93. The van der Waals surface area contributed by atoms with Gasteiger partial charge >= 0.3 is 0 Å². The van der Waals surface area contributed by atoms with Crippen LogP contribution < -0.4 is 5.73 Å². The quantitative estimate of drug-likeness (QED) is 0.921. The van der Waals surface area contributed by atoms with Crippen molar-refractivity contribution in [2.45, 2.75) is 0 Å². The van der Waals surface area contributed by atoms with Gasteiger partial charge in [0.1, 0.15) is 5.01 Å². The van der Waals surface area contributed by atoms with E-state index in [0.29, 0.717) is 5.13 Å². The fourth-order valence-electron chi connectivity index (χ4n) is 1.06. The van der Waals surface area contributed by atoms with E-state index in [1.165, 1.54) is 11.3 Å². The second-order valence-electron chi connectivity index (χ2n) is 2.86. The van der Waals surface area contributed by atoms with E-state index < -0.39 is 0 Å². The van der Waals surface area contributed by atoms with E-state index in [1.807, 2.05) is 36.4 Å². The topological polar surface area (TPSA) is 51.8 Å². The third kappa shape index (κ3) is 2.87. The number of rotatable bonds is 2. The molecular weight excluding hydrogens is 274 g/mol. The van der Waals surface area contributed by atoms with Crippen LogP contribution in [0.5, 0.6) is 0 Å². The number of halogens is 1. The molecule has 0 bridgehead atoms. The van der Waals surface area contributed by atoms with E-state index in [-0.39, 0.29) is 0 Å². The molecule has 0 spiro atoms. The monoisotopic (exact) mass is 281 g/mol. The number of hydrogen-bond acceptors (Lipinski definition) is 4. The van der Waals surface area contributed by atoms with E-state index in [9.17, 15) is 0 Å². The lowest BCUT2D eigenvalue weighted by Gasteiger charge is -1.92. The van der Waals surface area contributed by atoms with Gasteiger partial charge in [-0.1, -0.05) is 45.5 Å². The minimum atomic E-state index is 0.491. The molecule has 5 heteroatoms. The van der Waals surface area contributed by atoms with Gasteiger partial charge in [-0.15, -0.1) is 10.2 Å². The number of nitrogen functional groups attached to an aromatic ring is 1. The molecule has 0 aliphatic carbocycles. The molecule has 0 amide bonds. The van der Waals surface area contributed by atoms with Gasteiger partial charge < -0.3 is 5.73 Å². The highest BCUT2D eigenvalue weighted by atomic mass is 79.9. The average molecular weight is 282 g/mol. The van der Waals surface area contributed by atoms with Crippen molar-refractivity contribution >= 4 is 44.6 Å². The highest BCUT2D eigenvalue weighted by Gasteiger charge is 1.95. The maximum absolute atomic E-state index is 5.47. The molecule has 2 rings (SSSR count). The van der Waals surface area contributed by atoms with E-state index >= 15 is 0 Å². The van der Waals surface area contributed by atoms with Crippen LogP contribution in [0.25, 0.3) is 12.2 Å². The first kappa shape index (κ1) is 10.3.